The predicted molar refractivity (Wildman–Crippen MR) is 64.9 cm³/mol. The molecule has 0 aliphatic heterocycles. The molecule has 0 atom stereocenters. The van der Waals surface area contributed by atoms with Gasteiger partial charge in [0, 0.05) is 11.6 Å². The van der Waals surface area contributed by atoms with E-state index in [1.54, 1.807) is 18.3 Å². The highest BCUT2D eigenvalue weighted by atomic mass is 16.3. The number of aromatic nitrogens is 1. The van der Waals surface area contributed by atoms with Crippen molar-refractivity contribution in [2.45, 2.75) is 26.2 Å². The smallest absolute Gasteiger partial charge is 0.255 e. The van der Waals surface area contributed by atoms with Crippen LogP contribution in [0.2, 0.25) is 0 Å². The molecule has 1 heterocycles. The number of hydrogen-bond donors (Lipinski definition) is 2. The van der Waals surface area contributed by atoms with Gasteiger partial charge in [-0.1, -0.05) is 20.8 Å². The van der Waals surface area contributed by atoms with Crippen molar-refractivity contribution >= 4 is 10.8 Å². The Morgan fingerprint density at radius 1 is 1.19 bits per heavy atom. The Labute approximate surface area is 93.7 Å². The minimum absolute atomic E-state index is 0.0732. The van der Waals surface area contributed by atoms with E-state index in [2.05, 4.69) is 25.8 Å². The Morgan fingerprint density at radius 3 is 2.50 bits per heavy atom. The van der Waals surface area contributed by atoms with Gasteiger partial charge >= 0.3 is 0 Å². The summed E-state index contributed by atoms with van der Waals surface area (Å²) in [5.74, 6) is 0.184. The Bertz CT molecular complexity index is 591. The van der Waals surface area contributed by atoms with Gasteiger partial charge in [0.15, 0.2) is 0 Å². The molecular weight excluding hydrogens is 202 g/mol. The predicted octanol–water partition coefficient (Wildman–Crippen LogP) is 2.53. The third-order valence-electron chi connectivity index (χ3n) is 2.69. The van der Waals surface area contributed by atoms with Gasteiger partial charge in [0.05, 0.1) is 0 Å². The maximum absolute atomic E-state index is 11.6. The molecule has 0 aliphatic rings. The van der Waals surface area contributed by atoms with Gasteiger partial charge in [-0.25, -0.2) is 0 Å². The summed E-state index contributed by atoms with van der Waals surface area (Å²) in [4.78, 5) is 14.4. The van der Waals surface area contributed by atoms with Crippen LogP contribution in [0.25, 0.3) is 10.8 Å². The molecule has 84 valence electrons. The van der Waals surface area contributed by atoms with Crippen molar-refractivity contribution in [3.8, 4) is 5.75 Å². The summed E-state index contributed by atoms with van der Waals surface area (Å²) in [5.41, 5.74) is 0.831. The van der Waals surface area contributed by atoms with Gasteiger partial charge in [0.1, 0.15) is 5.75 Å². The molecule has 2 N–H and O–H groups in total. The number of aromatic hydroxyl groups is 1. The Balaban J connectivity index is 2.92. The first kappa shape index (κ1) is 10.7. The van der Waals surface area contributed by atoms with Crippen molar-refractivity contribution in [2.75, 3.05) is 0 Å². The maximum atomic E-state index is 11.6. The summed E-state index contributed by atoms with van der Waals surface area (Å²) >= 11 is 0. The number of phenolic OH excluding ortho intramolecular Hbond substituents is 1. The van der Waals surface area contributed by atoms with Crippen LogP contribution >= 0.6 is 0 Å². The molecule has 3 nitrogen and oxygen atoms in total. The number of nitrogens with one attached hydrogen (secondary N) is 1. The van der Waals surface area contributed by atoms with Crippen LogP contribution in [-0.4, -0.2) is 10.1 Å². The lowest BCUT2D eigenvalue weighted by atomic mass is 9.85. The summed E-state index contributed by atoms with van der Waals surface area (Å²) in [5, 5.41) is 10.9. The average Bonchev–Trinajstić information content (AvgIpc) is 2.15. The van der Waals surface area contributed by atoms with Crippen molar-refractivity contribution in [1.82, 2.24) is 4.98 Å². The SMILES string of the molecule is CC(C)(C)c1c[nH]c(=O)c2ccc(O)cc12. The zero-order valence-corrected chi connectivity index (χ0v) is 9.66. The molecule has 0 saturated carbocycles. The quantitative estimate of drug-likeness (QED) is 0.712. The van der Waals surface area contributed by atoms with Crippen LogP contribution in [0.4, 0.5) is 0 Å². The normalized spacial score (nSPS) is 11.9. The van der Waals surface area contributed by atoms with Crippen LogP contribution in [0.3, 0.4) is 0 Å². The minimum atomic E-state index is -0.122. The fourth-order valence-corrected chi connectivity index (χ4v) is 1.87. The number of rotatable bonds is 0. The lowest BCUT2D eigenvalue weighted by Crippen LogP contribution is -2.16. The Hall–Kier alpha value is -1.77. The summed E-state index contributed by atoms with van der Waals surface area (Å²) in [6, 6.07) is 4.83. The molecule has 0 unspecified atom stereocenters. The summed E-state index contributed by atoms with van der Waals surface area (Å²) < 4.78 is 0. The first-order chi connectivity index (χ1) is 7.39. The molecule has 2 rings (SSSR count). The summed E-state index contributed by atoms with van der Waals surface area (Å²) in [7, 11) is 0. The van der Waals surface area contributed by atoms with Crippen LogP contribution in [0.5, 0.6) is 5.75 Å². The molecule has 0 saturated heterocycles. The monoisotopic (exact) mass is 217 g/mol. The highest BCUT2D eigenvalue weighted by Gasteiger charge is 2.18. The Morgan fingerprint density at radius 2 is 1.88 bits per heavy atom. The van der Waals surface area contributed by atoms with Gasteiger partial charge < -0.3 is 10.1 Å². The second-order valence-corrected chi connectivity index (χ2v) is 5.01. The second-order valence-electron chi connectivity index (χ2n) is 5.01. The third-order valence-corrected chi connectivity index (χ3v) is 2.69. The van der Waals surface area contributed by atoms with Gasteiger partial charge in [-0.3, -0.25) is 4.79 Å². The molecule has 0 spiro atoms. The van der Waals surface area contributed by atoms with Gasteiger partial charge in [0.25, 0.3) is 5.56 Å². The fourth-order valence-electron chi connectivity index (χ4n) is 1.87. The first-order valence-corrected chi connectivity index (χ1v) is 5.24. The number of hydrogen-bond acceptors (Lipinski definition) is 2. The van der Waals surface area contributed by atoms with Crippen molar-refractivity contribution in [2.24, 2.45) is 0 Å². The number of phenols is 1. The zero-order chi connectivity index (χ0) is 11.9. The van der Waals surface area contributed by atoms with Gasteiger partial charge in [-0.05, 0) is 34.6 Å². The molecule has 0 radical (unpaired) electrons. The van der Waals surface area contributed by atoms with E-state index in [0.29, 0.717) is 5.39 Å². The lowest BCUT2D eigenvalue weighted by molar-refractivity contribution is 0.476. The van der Waals surface area contributed by atoms with E-state index in [9.17, 15) is 9.90 Å². The van der Waals surface area contributed by atoms with E-state index in [1.165, 1.54) is 6.07 Å². The molecule has 1 aromatic carbocycles. The molecule has 3 heteroatoms. The lowest BCUT2D eigenvalue weighted by Gasteiger charge is -2.20. The van der Waals surface area contributed by atoms with E-state index in [4.69, 9.17) is 0 Å². The second kappa shape index (κ2) is 3.37. The van der Waals surface area contributed by atoms with Crippen molar-refractivity contribution in [3.05, 3.63) is 40.3 Å². The van der Waals surface area contributed by atoms with Crippen LogP contribution in [0, 0.1) is 0 Å². The molecule has 0 fully saturated rings. The highest BCUT2D eigenvalue weighted by molar-refractivity contribution is 5.86. The maximum Gasteiger partial charge on any atom is 0.255 e. The average molecular weight is 217 g/mol. The van der Waals surface area contributed by atoms with Crippen LogP contribution in [0.15, 0.2) is 29.2 Å². The number of aromatic amines is 1. The Kier molecular flexibility index (Phi) is 2.26. The standard InChI is InChI=1S/C13H15NO2/c1-13(2,3)11-7-14-12(16)9-5-4-8(15)6-10(9)11/h4-7,15H,1-3H3,(H,14,16). The van der Waals surface area contributed by atoms with E-state index < -0.39 is 0 Å². The minimum Gasteiger partial charge on any atom is -0.508 e. The largest absolute Gasteiger partial charge is 0.508 e. The topological polar surface area (TPSA) is 53.1 Å². The van der Waals surface area contributed by atoms with Gasteiger partial charge in [0.2, 0.25) is 0 Å². The molecule has 0 bridgehead atoms. The number of benzene rings is 1. The third kappa shape index (κ3) is 1.69. The van der Waals surface area contributed by atoms with Crippen molar-refractivity contribution < 1.29 is 5.11 Å². The molecular formula is C13H15NO2. The first-order valence-electron chi connectivity index (χ1n) is 5.24. The van der Waals surface area contributed by atoms with Crippen LogP contribution in [-0.2, 0) is 5.41 Å². The number of pyridine rings is 1. The van der Waals surface area contributed by atoms with Gasteiger partial charge in [-0.15, -0.1) is 0 Å². The summed E-state index contributed by atoms with van der Waals surface area (Å²) in [6.45, 7) is 6.22. The van der Waals surface area contributed by atoms with E-state index >= 15 is 0 Å². The van der Waals surface area contributed by atoms with E-state index in [-0.39, 0.29) is 16.7 Å². The van der Waals surface area contributed by atoms with Crippen molar-refractivity contribution in [3.63, 3.8) is 0 Å². The van der Waals surface area contributed by atoms with Crippen LogP contribution < -0.4 is 5.56 Å². The van der Waals surface area contributed by atoms with E-state index in [1.807, 2.05) is 0 Å². The zero-order valence-electron chi connectivity index (χ0n) is 9.66. The van der Waals surface area contributed by atoms with Crippen LogP contribution in [0.1, 0.15) is 26.3 Å². The van der Waals surface area contributed by atoms with E-state index in [0.717, 1.165) is 10.9 Å². The molecule has 2 aromatic rings. The molecule has 0 aliphatic carbocycles. The van der Waals surface area contributed by atoms with Crippen molar-refractivity contribution in [1.29, 1.82) is 0 Å². The fraction of sp³-hybridized carbons (Fsp3) is 0.308. The summed E-state index contributed by atoms with van der Waals surface area (Å²) in [6.07, 6.45) is 1.73. The molecule has 0 amide bonds. The molecule has 16 heavy (non-hydrogen) atoms. The van der Waals surface area contributed by atoms with Gasteiger partial charge in [-0.2, -0.15) is 0 Å². The number of H-pyrrole nitrogens is 1. The number of fused-ring (bicyclic) bond motifs is 1. The highest BCUT2D eigenvalue weighted by Crippen LogP contribution is 2.29. The molecule has 1 aromatic heterocycles.